The minimum Gasteiger partial charge on any atom is -0.716 e. The van der Waals surface area contributed by atoms with Gasteiger partial charge in [0.2, 0.25) is 0 Å². The number of aliphatic hydroxyl groups excluding tert-OH is 1. The summed E-state index contributed by atoms with van der Waals surface area (Å²) in [5.41, 5.74) is 11.3. The zero-order valence-corrected chi connectivity index (χ0v) is 34.9. The van der Waals surface area contributed by atoms with Crippen LogP contribution < -0.4 is 4.18 Å². The fourth-order valence-corrected chi connectivity index (χ4v) is 6.16. The van der Waals surface area contributed by atoms with E-state index in [2.05, 4.69) is 95.2 Å². The van der Waals surface area contributed by atoms with Crippen LogP contribution in [0.5, 0.6) is 11.5 Å². The first kappa shape index (κ1) is 47.6. The normalized spacial score (nSPS) is 14.2. The molecule has 7 heteroatoms. The summed E-state index contributed by atoms with van der Waals surface area (Å²) in [5.74, 6) is -0.0817. The molecule has 2 N–H and O–H groups in total. The van der Waals surface area contributed by atoms with Crippen molar-refractivity contribution in [2.75, 3.05) is 6.61 Å². The lowest BCUT2D eigenvalue weighted by molar-refractivity contribution is 0.326. The summed E-state index contributed by atoms with van der Waals surface area (Å²) in [6.45, 7) is 17.5. The lowest BCUT2D eigenvalue weighted by Gasteiger charge is -2.11. The van der Waals surface area contributed by atoms with Crippen molar-refractivity contribution in [3.05, 3.63) is 117 Å². The first-order chi connectivity index (χ1) is 25.1. The van der Waals surface area contributed by atoms with Gasteiger partial charge in [-0.2, -0.15) is 0 Å². The maximum Gasteiger partial charge on any atom is 0.262 e. The molecule has 6 nitrogen and oxygen atoms in total. The molecule has 0 bridgehead atoms. The molecular formula is C46H69O6S-. The van der Waals surface area contributed by atoms with E-state index in [0.29, 0.717) is 12.0 Å². The van der Waals surface area contributed by atoms with Gasteiger partial charge in [-0.1, -0.05) is 87.6 Å². The monoisotopic (exact) mass is 749 g/mol. The average molecular weight is 750 g/mol. The Morgan fingerprint density at radius 1 is 0.585 bits per heavy atom. The third-order valence-corrected chi connectivity index (χ3v) is 9.67. The van der Waals surface area contributed by atoms with Gasteiger partial charge in [0.1, 0.15) is 11.5 Å². The molecule has 0 saturated carbocycles. The van der Waals surface area contributed by atoms with Crippen molar-refractivity contribution in [3.8, 4) is 11.5 Å². The Labute approximate surface area is 323 Å². The van der Waals surface area contributed by atoms with Gasteiger partial charge in [-0.05, 0) is 175 Å². The summed E-state index contributed by atoms with van der Waals surface area (Å²) in [4.78, 5) is 0. The molecule has 296 valence electrons. The van der Waals surface area contributed by atoms with Gasteiger partial charge in [-0.15, -0.1) is 0 Å². The number of aromatic hydroxyl groups is 1. The van der Waals surface area contributed by atoms with E-state index in [4.69, 9.17) is 0 Å². The van der Waals surface area contributed by atoms with Gasteiger partial charge >= 0.3 is 0 Å². The summed E-state index contributed by atoms with van der Waals surface area (Å²) in [5, 5.41) is 20.0. The van der Waals surface area contributed by atoms with Crippen LogP contribution in [-0.2, 0) is 16.8 Å². The van der Waals surface area contributed by atoms with Gasteiger partial charge in [0.15, 0.2) is 0 Å². The maximum atomic E-state index is 10.9. The Bertz CT molecular complexity index is 1610. The van der Waals surface area contributed by atoms with Gasteiger partial charge in [0.25, 0.3) is 10.4 Å². The topological polar surface area (TPSA) is 107 Å². The maximum absolute atomic E-state index is 10.9. The predicted molar refractivity (Wildman–Crippen MR) is 224 cm³/mol. The van der Waals surface area contributed by atoms with Crippen molar-refractivity contribution in [1.29, 1.82) is 0 Å². The van der Waals surface area contributed by atoms with Crippen molar-refractivity contribution < 1.29 is 27.4 Å². The molecule has 0 unspecified atom stereocenters. The van der Waals surface area contributed by atoms with Gasteiger partial charge in [-0.25, -0.2) is 8.42 Å². The Kier molecular flexibility index (Phi) is 24.5. The molecule has 1 rings (SSSR count). The molecule has 53 heavy (non-hydrogen) atoms. The fourth-order valence-electron chi connectivity index (χ4n) is 5.82. The van der Waals surface area contributed by atoms with Crippen molar-refractivity contribution >= 4 is 10.4 Å². The standard InChI is InChI=1S/C46H70O6S/c1-36(2)16-9-17-37(3)18-10-22-40(6)26-14-28-43(35-47)29-15-27-41(7)23-12-21-38(4)19-11-20-39(5)24-13-25-42(8)30-31-44-34-45(32-33-46(44)48)52-53(49,50)51/h16,18-19,23-24,26,29-30,32-34,47-48H,9-15,17,20-22,25,27-28,31,35H2,1-8H3,(H,49,50,51)/p-1/b37-18+,38-19+,39-24+,40-26+,41-23+,42-30+,43-29-. The second kappa shape index (κ2) is 27.2. The summed E-state index contributed by atoms with van der Waals surface area (Å²) in [6.07, 6.45) is 33.0. The summed E-state index contributed by atoms with van der Waals surface area (Å²) in [7, 11) is -4.86. The number of hydrogen-bond acceptors (Lipinski definition) is 6. The average Bonchev–Trinajstić information content (AvgIpc) is 3.07. The quantitative estimate of drug-likeness (QED) is 0.0555. The van der Waals surface area contributed by atoms with Crippen LogP contribution in [0.2, 0.25) is 0 Å². The molecule has 0 amide bonds. The lowest BCUT2D eigenvalue weighted by atomic mass is 10.0. The van der Waals surface area contributed by atoms with E-state index in [1.165, 1.54) is 51.6 Å². The third-order valence-electron chi connectivity index (χ3n) is 9.27. The minimum atomic E-state index is -4.86. The number of phenolic OH excluding ortho intramolecular Hbond substituents is 1. The molecule has 0 saturated heterocycles. The van der Waals surface area contributed by atoms with Gasteiger partial charge < -0.3 is 18.9 Å². The SMILES string of the molecule is CC(C)=CCC/C(C)=C/CC/C(C)=C/CC/C(=C/CC/C(C)=C/CC/C(C)=C/CC/C(C)=C/CC/C(C)=C/Cc1cc(OS(=O)(=O)[O-])ccc1O)CO. The lowest BCUT2D eigenvalue weighted by Crippen LogP contribution is -2.07. The van der Waals surface area contributed by atoms with Crippen LogP contribution in [-0.4, -0.2) is 29.8 Å². The van der Waals surface area contributed by atoms with Gasteiger partial charge in [0.05, 0.1) is 6.61 Å². The van der Waals surface area contributed by atoms with Gasteiger partial charge in [-0.3, -0.25) is 0 Å². The molecule has 0 heterocycles. The fraction of sp³-hybridized carbons (Fsp3) is 0.522. The molecule has 0 aromatic heterocycles. The van der Waals surface area contributed by atoms with Crippen LogP contribution >= 0.6 is 0 Å². The molecule has 0 radical (unpaired) electrons. The van der Waals surface area contributed by atoms with Gasteiger partial charge in [0, 0.05) is 5.56 Å². The molecule has 0 aliphatic heterocycles. The number of allylic oxidation sites excluding steroid dienone is 15. The van der Waals surface area contributed by atoms with Crippen molar-refractivity contribution in [1.82, 2.24) is 0 Å². The second-order valence-electron chi connectivity index (χ2n) is 14.9. The zero-order chi connectivity index (χ0) is 39.6. The number of rotatable bonds is 26. The van der Waals surface area contributed by atoms with E-state index in [9.17, 15) is 23.2 Å². The third kappa shape index (κ3) is 26.1. The Hall–Kier alpha value is -3.39. The Morgan fingerprint density at radius 3 is 1.36 bits per heavy atom. The van der Waals surface area contributed by atoms with Crippen LogP contribution in [0, 0.1) is 0 Å². The molecule has 0 aliphatic rings. The highest BCUT2D eigenvalue weighted by molar-refractivity contribution is 7.81. The van der Waals surface area contributed by atoms with Crippen LogP contribution in [0.1, 0.15) is 151 Å². The zero-order valence-electron chi connectivity index (χ0n) is 34.1. The summed E-state index contributed by atoms with van der Waals surface area (Å²) >= 11 is 0. The van der Waals surface area contributed by atoms with E-state index >= 15 is 0 Å². The number of benzene rings is 1. The van der Waals surface area contributed by atoms with Crippen LogP contribution in [0.4, 0.5) is 0 Å². The highest BCUT2D eigenvalue weighted by atomic mass is 32.3. The number of hydrogen-bond donors (Lipinski definition) is 2. The smallest absolute Gasteiger partial charge is 0.262 e. The van der Waals surface area contributed by atoms with E-state index in [0.717, 1.165) is 101 Å². The first-order valence-electron chi connectivity index (χ1n) is 19.4. The molecule has 1 aromatic carbocycles. The number of aliphatic hydroxyl groups is 1. The van der Waals surface area contributed by atoms with Crippen LogP contribution in [0.25, 0.3) is 0 Å². The van der Waals surface area contributed by atoms with E-state index < -0.39 is 10.4 Å². The summed E-state index contributed by atoms with van der Waals surface area (Å²) in [6, 6.07) is 3.95. The van der Waals surface area contributed by atoms with Crippen molar-refractivity contribution in [2.45, 2.75) is 152 Å². The number of phenols is 1. The molecule has 1 aromatic rings. The van der Waals surface area contributed by atoms with E-state index in [1.807, 2.05) is 13.0 Å². The van der Waals surface area contributed by atoms with E-state index in [-0.39, 0.29) is 18.1 Å². The highest BCUT2D eigenvalue weighted by Gasteiger charge is 2.06. The minimum absolute atomic E-state index is 0.0241. The molecule has 0 spiro atoms. The second-order valence-corrected chi connectivity index (χ2v) is 15.8. The highest BCUT2D eigenvalue weighted by Crippen LogP contribution is 2.25. The first-order valence-corrected chi connectivity index (χ1v) is 20.7. The Morgan fingerprint density at radius 2 is 0.962 bits per heavy atom. The molecule has 0 fully saturated rings. The predicted octanol–water partition coefficient (Wildman–Crippen LogP) is 12.8. The summed E-state index contributed by atoms with van der Waals surface area (Å²) < 4.78 is 37.0. The van der Waals surface area contributed by atoms with E-state index in [1.54, 1.807) is 0 Å². The molecular weight excluding hydrogens is 681 g/mol. The van der Waals surface area contributed by atoms with Crippen LogP contribution in [0.3, 0.4) is 0 Å². The largest absolute Gasteiger partial charge is 0.716 e. The van der Waals surface area contributed by atoms with Crippen molar-refractivity contribution in [3.63, 3.8) is 0 Å². The van der Waals surface area contributed by atoms with Crippen molar-refractivity contribution in [2.24, 2.45) is 0 Å². The molecule has 0 atom stereocenters. The molecule has 0 aliphatic carbocycles. The Balaban J connectivity index is 2.36. The van der Waals surface area contributed by atoms with Crippen LogP contribution in [0.15, 0.2) is 111 Å².